The molecule has 1 fully saturated rings. The largest absolute Gasteiger partial charge is 0.466 e. The number of rotatable bonds is 5. The fourth-order valence-corrected chi connectivity index (χ4v) is 3.71. The monoisotopic (exact) mass is 415 g/mol. The summed E-state index contributed by atoms with van der Waals surface area (Å²) in [5.74, 6) is -1.90. The number of hydrogen-bond donors (Lipinski definition) is 0. The zero-order valence-electron chi connectivity index (χ0n) is 17.3. The number of piperidine rings is 1. The fourth-order valence-electron chi connectivity index (χ4n) is 3.71. The maximum absolute atomic E-state index is 12.7. The summed E-state index contributed by atoms with van der Waals surface area (Å²) >= 11 is 0. The number of fused-ring (bicyclic) bond motifs is 1. The van der Waals surface area contributed by atoms with E-state index in [1.165, 1.54) is 37.2 Å². The van der Waals surface area contributed by atoms with Crippen LogP contribution in [0.2, 0.25) is 0 Å². The molecule has 4 amide bonds. The van der Waals surface area contributed by atoms with Crippen molar-refractivity contribution in [1.82, 2.24) is 14.7 Å². The molecule has 0 bridgehead atoms. The topological polar surface area (TPSA) is 104 Å². The summed E-state index contributed by atoms with van der Waals surface area (Å²) in [6.07, 6.45) is 1.08. The van der Waals surface area contributed by atoms with Gasteiger partial charge in [0.2, 0.25) is 5.91 Å². The summed E-state index contributed by atoms with van der Waals surface area (Å²) in [5, 5.41) is 0. The molecule has 2 aliphatic heterocycles. The lowest BCUT2D eigenvalue weighted by atomic mass is 9.97. The van der Waals surface area contributed by atoms with Crippen LogP contribution in [0.5, 0.6) is 0 Å². The maximum atomic E-state index is 12.7. The van der Waals surface area contributed by atoms with Crippen LogP contribution in [0.25, 0.3) is 0 Å². The van der Waals surface area contributed by atoms with E-state index in [0.717, 1.165) is 4.90 Å². The zero-order chi connectivity index (χ0) is 22.0. The van der Waals surface area contributed by atoms with Crippen molar-refractivity contribution in [1.29, 1.82) is 0 Å². The number of esters is 1. The normalized spacial score (nSPS) is 16.5. The number of imide groups is 1. The Hall–Kier alpha value is -3.23. The highest BCUT2D eigenvalue weighted by molar-refractivity contribution is 6.21. The summed E-state index contributed by atoms with van der Waals surface area (Å²) in [6.45, 7) is 2.85. The van der Waals surface area contributed by atoms with E-state index in [2.05, 4.69) is 0 Å². The van der Waals surface area contributed by atoms with Crippen LogP contribution in [0.15, 0.2) is 18.2 Å². The molecule has 0 unspecified atom stereocenters. The average molecular weight is 415 g/mol. The third-order valence-electron chi connectivity index (χ3n) is 5.52. The Bertz CT molecular complexity index is 904. The first-order valence-electron chi connectivity index (χ1n) is 9.90. The molecule has 0 aromatic heterocycles. The van der Waals surface area contributed by atoms with E-state index in [9.17, 15) is 24.0 Å². The van der Waals surface area contributed by atoms with Gasteiger partial charge in [-0.3, -0.25) is 28.9 Å². The first-order valence-corrected chi connectivity index (χ1v) is 9.90. The third kappa shape index (κ3) is 4.05. The molecule has 160 valence electrons. The lowest BCUT2D eigenvalue weighted by molar-refractivity contribution is -0.151. The van der Waals surface area contributed by atoms with Gasteiger partial charge < -0.3 is 14.5 Å². The van der Waals surface area contributed by atoms with E-state index in [4.69, 9.17) is 4.74 Å². The van der Waals surface area contributed by atoms with Crippen molar-refractivity contribution in [2.75, 3.05) is 40.3 Å². The van der Waals surface area contributed by atoms with Crippen molar-refractivity contribution in [2.24, 2.45) is 5.92 Å². The van der Waals surface area contributed by atoms with E-state index < -0.39 is 17.7 Å². The second-order valence-corrected chi connectivity index (χ2v) is 7.50. The first-order chi connectivity index (χ1) is 14.2. The second kappa shape index (κ2) is 8.64. The summed E-state index contributed by atoms with van der Waals surface area (Å²) in [4.78, 5) is 65.2. The number of benzene rings is 1. The molecule has 1 aromatic rings. The summed E-state index contributed by atoms with van der Waals surface area (Å²) in [5.41, 5.74) is 0.692. The highest BCUT2D eigenvalue weighted by Crippen LogP contribution is 2.23. The Morgan fingerprint density at radius 2 is 1.73 bits per heavy atom. The lowest BCUT2D eigenvalue weighted by Gasteiger charge is -2.32. The minimum Gasteiger partial charge on any atom is -0.466 e. The van der Waals surface area contributed by atoms with Crippen LogP contribution in [0.3, 0.4) is 0 Å². The van der Waals surface area contributed by atoms with Crippen LogP contribution >= 0.6 is 0 Å². The molecule has 2 heterocycles. The van der Waals surface area contributed by atoms with E-state index >= 15 is 0 Å². The van der Waals surface area contributed by atoms with Crippen molar-refractivity contribution >= 4 is 29.6 Å². The van der Waals surface area contributed by atoms with Gasteiger partial charge in [0, 0.05) is 32.7 Å². The molecule has 0 aliphatic carbocycles. The average Bonchev–Trinajstić information content (AvgIpc) is 2.97. The highest BCUT2D eigenvalue weighted by Gasteiger charge is 2.34. The fraction of sp³-hybridized carbons (Fsp3) is 0.476. The molecule has 9 heteroatoms. The van der Waals surface area contributed by atoms with Crippen molar-refractivity contribution < 1.29 is 28.7 Å². The van der Waals surface area contributed by atoms with Crippen LogP contribution < -0.4 is 0 Å². The quantitative estimate of drug-likeness (QED) is 0.520. The molecule has 3 rings (SSSR count). The molecule has 0 spiro atoms. The Labute approximate surface area is 174 Å². The number of hydrogen-bond acceptors (Lipinski definition) is 6. The van der Waals surface area contributed by atoms with Gasteiger partial charge in [-0.15, -0.1) is 0 Å². The molecule has 1 saturated heterocycles. The van der Waals surface area contributed by atoms with Crippen LogP contribution in [-0.2, 0) is 14.3 Å². The van der Waals surface area contributed by atoms with Gasteiger partial charge >= 0.3 is 5.97 Å². The van der Waals surface area contributed by atoms with Crippen molar-refractivity contribution in [3.8, 4) is 0 Å². The van der Waals surface area contributed by atoms with Gasteiger partial charge in [-0.05, 0) is 38.0 Å². The Morgan fingerprint density at radius 3 is 2.37 bits per heavy atom. The Balaban J connectivity index is 1.59. The number of likely N-dealkylation sites (tertiary alicyclic amines) is 1. The summed E-state index contributed by atoms with van der Waals surface area (Å²) in [7, 11) is 2.90. The predicted octanol–water partition coefficient (Wildman–Crippen LogP) is 0.786. The van der Waals surface area contributed by atoms with E-state index in [0.29, 0.717) is 32.5 Å². The van der Waals surface area contributed by atoms with E-state index in [-0.39, 0.29) is 41.0 Å². The van der Waals surface area contributed by atoms with Gasteiger partial charge in [0.1, 0.15) is 0 Å². The van der Waals surface area contributed by atoms with Gasteiger partial charge in [0.15, 0.2) is 0 Å². The van der Waals surface area contributed by atoms with E-state index in [1.807, 2.05) is 0 Å². The van der Waals surface area contributed by atoms with Crippen LogP contribution in [-0.4, -0.2) is 84.6 Å². The van der Waals surface area contributed by atoms with Crippen LogP contribution in [0.4, 0.5) is 0 Å². The highest BCUT2D eigenvalue weighted by atomic mass is 16.5. The molecule has 9 nitrogen and oxygen atoms in total. The Kier molecular flexibility index (Phi) is 6.19. The first kappa shape index (κ1) is 21.5. The van der Waals surface area contributed by atoms with Gasteiger partial charge in [-0.25, -0.2) is 0 Å². The van der Waals surface area contributed by atoms with Crippen molar-refractivity contribution in [3.05, 3.63) is 34.9 Å². The SMILES string of the molecule is CCOC(=O)C1CCN(C(=O)CN(C)C(=O)c2ccc3c(c2)C(=O)N(C)C3=O)CC1. The molecule has 1 aromatic carbocycles. The van der Waals surface area contributed by atoms with Crippen molar-refractivity contribution in [2.45, 2.75) is 19.8 Å². The van der Waals surface area contributed by atoms with Crippen LogP contribution in [0.1, 0.15) is 50.8 Å². The van der Waals surface area contributed by atoms with Gasteiger partial charge in [0.05, 0.1) is 30.2 Å². The zero-order valence-corrected chi connectivity index (χ0v) is 17.3. The van der Waals surface area contributed by atoms with Gasteiger partial charge in [-0.2, -0.15) is 0 Å². The molecular formula is C21H25N3O6. The van der Waals surface area contributed by atoms with Gasteiger partial charge in [0.25, 0.3) is 17.7 Å². The minimum atomic E-state index is -0.451. The van der Waals surface area contributed by atoms with Crippen molar-refractivity contribution in [3.63, 3.8) is 0 Å². The smallest absolute Gasteiger partial charge is 0.309 e. The van der Waals surface area contributed by atoms with E-state index in [1.54, 1.807) is 11.8 Å². The van der Waals surface area contributed by atoms with Gasteiger partial charge in [-0.1, -0.05) is 0 Å². The number of nitrogens with zero attached hydrogens (tertiary/aromatic N) is 3. The molecule has 0 N–H and O–H groups in total. The third-order valence-corrected chi connectivity index (χ3v) is 5.52. The summed E-state index contributed by atoms with van der Waals surface area (Å²) in [6, 6.07) is 4.34. The number of carbonyl (C=O) groups is 5. The molecule has 0 atom stereocenters. The number of ether oxygens (including phenoxy) is 1. The lowest BCUT2D eigenvalue weighted by Crippen LogP contribution is -2.45. The maximum Gasteiger partial charge on any atom is 0.309 e. The summed E-state index contributed by atoms with van der Waals surface area (Å²) < 4.78 is 5.03. The molecule has 30 heavy (non-hydrogen) atoms. The standard InChI is InChI=1S/C21H25N3O6/c1-4-30-21(29)13-7-9-24(10-8-13)17(25)12-22(2)18(26)14-5-6-15-16(11-14)20(28)23(3)19(15)27/h5-6,11,13H,4,7-10,12H2,1-3H3. The molecule has 0 saturated carbocycles. The number of likely N-dealkylation sites (N-methyl/N-ethyl adjacent to an activating group) is 1. The minimum absolute atomic E-state index is 0.118. The molecule has 0 radical (unpaired) electrons. The van der Waals surface area contributed by atoms with Crippen LogP contribution in [0, 0.1) is 5.92 Å². The molecular weight excluding hydrogens is 390 g/mol. The molecule has 2 aliphatic rings. The Morgan fingerprint density at radius 1 is 1.10 bits per heavy atom. The predicted molar refractivity (Wildman–Crippen MR) is 106 cm³/mol. The second-order valence-electron chi connectivity index (χ2n) is 7.50. The number of amides is 4. The number of carbonyl (C=O) groups excluding carboxylic acids is 5.